The quantitative estimate of drug-likeness (QED) is 0.198. The molecule has 1 atom stereocenters. The van der Waals surface area contributed by atoms with Crippen molar-refractivity contribution in [3.63, 3.8) is 0 Å². The fourth-order valence-corrected chi connectivity index (χ4v) is 8.96. The molecule has 8 aromatic rings. The van der Waals surface area contributed by atoms with Crippen LogP contribution in [0.25, 0.3) is 69.3 Å². The summed E-state index contributed by atoms with van der Waals surface area (Å²) in [5, 5.41) is 7.89. The number of hydrogen-bond donors (Lipinski definition) is 0. The maximum atomic E-state index is 6.67. The van der Waals surface area contributed by atoms with Crippen LogP contribution < -0.4 is 0 Å². The minimum absolute atomic E-state index is 0.0193. The van der Waals surface area contributed by atoms with Gasteiger partial charge in [0, 0.05) is 41.7 Å². The molecule has 0 saturated heterocycles. The lowest BCUT2D eigenvalue weighted by molar-refractivity contribution is 0.400. The molecule has 5 heterocycles. The van der Waals surface area contributed by atoms with Gasteiger partial charge in [-0.1, -0.05) is 54.6 Å². The van der Waals surface area contributed by atoms with Crippen LogP contribution in [0, 0.1) is 0 Å². The zero-order chi connectivity index (χ0) is 27.1. The molecule has 0 fully saturated rings. The van der Waals surface area contributed by atoms with E-state index in [1.54, 1.807) is 0 Å². The van der Waals surface area contributed by atoms with Crippen molar-refractivity contribution in [2.45, 2.75) is 25.3 Å². The Morgan fingerprint density at radius 3 is 2.52 bits per heavy atom. The van der Waals surface area contributed by atoms with E-state index in [1.807, 2.05) is 11.3 Å². The standard InChI is InChI=1S/C37H23N3OS/c1-2-7-20(8-3-1)21-13-15-24-29(19-21)41-37(38-24)40-27-12-6-11-26-32(27)33-28(40)16-18-30-34(33)35-31(42-30)17-14-23-22-9-4-5-10-25(22)39(26)36(23)35/h2,4-14,16-19,24H,1,3,15H2. The van der Waals surface area contributed by atoms with E-state index in [0.717, 1.165) is 36.1 Å². The number of hydrogen-bond acceptors (Lipinski definition) is 3. The third-order valence-corrected chi connectivity index (χ3v) is 10.7. The number of ether oxygens (including phenoxy) is 1. The van der Waals surface area contributed by atoms with Crippen LogP contribution in [0.3, 0.4) is 0 Å². The van der Waals surface area contributed by atoms with Crippen molar-refractivity contribution in [3.05, 3.63) is 114 Å². The van der Waals surface area contributed by atoms with Gasteiger partial charge in [-0.2, -0.15) is 0 Å². The summed E-state index contributed by atoms with van der Waals surface area (Å²) in [6.45, 7) is 0. The minimum Gasteiger partial charge on any atom is -0.428 e. The molecule has 2 aliphatic carbocycles. The van der Waals surface area contributed by atoms with Gasteiger partial charge in [-0.25, -0.2) is 4.99 Å². The van der Waals surface area contributed by atoms with E-state index in [2.05, 4.69) is 106 Å². The Balaban J connectivity index is 1.24. The molecular weight excluding hydrogens is 534 g/mol. The first kappa shape index (κ1) is 21.8. The summed E-state index contributed by atoms with van der Waals surface area (Å²) < 4.78 is 14.1. The molecule has 5 heteroatoms. The van der Waals surface area contributed by atoms with Crippen molar-refractivity contribution in [1.82, 2.24) is 8.97 Å². The van der Waals surface area contributed by atoms with Crippen molar-refractivity contribution >= 4 is 86.7 Å². The summed E-state index contributed by atoms with van der Waals surface area (Å²) in [6, 6.07) is 25.4. The second-order valence-corrected chi connectivity index (χ2v) is 12.8. The first-order valence-corrected chi connectivity index (χ1v) is 15.5. The average molecular weight is 558 g/mol. The topological polar surface area (TPSA) is 30.9 Å². The summed E-state index contributed by atoms with van der Waals surface area (Å²) in [7, 11) is 0. The lowest BCUT2D eigenvalue weighted by Crippen LogP contribution is -2.12. The smallest absolute Gasteiger partial charge is 0.302 e. The monoisotopic (exact) mass is 557 g/mol. The van der Waals surface area contributed by atoms with Gasteiger partial charge in [0.25, 0.3) is 0 Å². The van der Waals surface area contributed by atoms with Gasteiger partial charge in [0.05, 0.1) is 27.6 Å². The SMILES string of the molecule is C1=CC(C2=CCC3N=C(n4c5ccc6sc7ccc8c9ccccc9n9c%10cccc4c%10c5c6c7c89)OC3=C2)=CCC1. The maximum absolute atomic E-state index is 6.67. The number of rotatable bonds is 1. The van der Waals surface area contributed by atoms with Crippen LogP contribution >= 0.6 is 11.3 Å². The zero-order valence-corrected chi connectivity index (χ0v) is 23.4. The van der Waals surface area contributed by atoms with E-state index in [9.17, 15) is 0 Å². The molecule has 0 bridgehead atoms. The van der Waals surface area contributed by atoms with Crippen LogP contribution in [-0.2, 0) is 4.74 Å². The predicted octanol–water partition coefficient (Wildman–Crippen LogP) is 9.69. The van der Waals surface area contributed by atoms with Crippen LogP contribution in [0.4, 0.5) is 0 Å². The Morgan fingerprint density at radius 2 is 1.57 bits per heavy atom. The number of aromatic nitrogens is 2. The van der Waals surface area contributed by atoms with E-state index in [1.165, 1.54) is 69.4 Å². The highest BCUT2D eigenvalue weighted by Crippen LogP contribution is 2.49. The summed E-state index contributed by atoms with van der Waals surface area (Å²) in [5.74, 6) is 0.947. The number of benzene rings is 4. The summed E-state index contributed by atoms with van der Waals surface area (Å²) in [6.07, 6.45) is 14.4. The first-order valence-electron chi connectivity index (χ1n) is 14.7. The number of aliphatic imine (C=N–C) groups is 1. The molecular formula is C37H23N3OS. The predicted molar refractivity (Wildman–Crippen MR) is 176 cm³/mol. The molecule has 198 valence electrons. The van der Waals surface area contributed by atoms with E-state index in [0.29, 0.717) is 6.02 Å². The molecule has 4 aromatic carbocycles. The summed E-state index contributed by atoms with van der Waals surface area (Å²) in [5.41, 5.74) is 8.61. The Kier molecular flexibility index (Phi) is 3.89. The van der Waals surface area contributed by atoms with Gasteiger partial charge < -0.3 is 9.14 Å². The molecule has 42 heavy (non-hydrogen) atoms. The van der Waals surface area contributed by atoms with Gasteiger partial charge >= 0.3 is 6.02 Å². The summed E-state index contributed by atoms with van der Waals surface area (Å²) in [4.78, 5) is 5.19. The van der Waals surface area contributed by atoms with Crippen LogP contribution in [0.15, 0.2) is 119 Å². The fourth-order valence-electron chi connectivity index (χ4n) is 7.85. The highest BCUT2D eigenvalue weighted by Gasteiger charge is 2.32. The number of para-hydroxylation sites is 1. The number of fused-ring (bicyclic) bond motifs is 5. The van der Waals surface area contributed by atoms with Gasteiger partial charge in [-0.05, 0) is 72.9 Å². The van der Waals surface area contributed by atoms with Gasteiger partial charge in [0.2, 0.25) is 0 Å². The second-order valence-electron chi connectivity index (χ2n) is 11.7. The van der Waals surface area contributed by atoms with Gasteiger partial charge in [-0.15, -0.1) is 11.3 Å². The third kappa shape index (κ3) is 2.53. The van der Waals surface area contributed by atoms with Crippen LogP contribution in [0.5, 0.6) is 0 Å². The second kappa shape index (κ2) is 7.50. The van der Waals surface area contributed by atoms with E-state index in [4.69, 9.17) is 9.73 Å². The molecule has 0 amide bonds. The maximum Gasteiger partial charge on any atom is 0.302 e. The Bertz CT molecular complexity index is 2630. The van der Waals surface area contributed by atoms with Crippen molar-refractivity contribution in [1.29, 1.82) is 0 Å². The lowest BCUT2D eigenvalue weighted by atomic mass is 9.93. The molecule has 4 aromatic heterocycles. The lowest BCUT2D eigenvalue weighted by Gasteiger charge is -2.16. The third-order valence-electron chi connectivity index (χ3n) is 9.59. The molecule has 4 nitrogen and oxygen atoms in total. The molecule has 1 unspecified atom stereocenters. The van der Waals surface area contributed by atoms with Gasteiger partial charge in [-0.3, -0.25) is 4.57 Å². The number of allylic oxidation sites excluding steroid dienone is 6. The molecule has 0 spiro atoms. The van der Waals surface area contributed by atoms with Crippen molar-refractivity contribution in [2.24, 2.45) is 4.99 Å². The number of thiophene rings is 1. The minimum atomic E-state index is 0.0193. The van der Waals surface area contributed by atoms with Crippen molar-refractivity contribution < 1.29 is 4.74 Å². The van der Waals surface area contributed by atoms with Crippen LogP contribution in [0.1, 0.15) is 19.3 Å². The largest absolute Gasteiger partial charge is 0.428 e. The van der Waals surface area contributed by atoms with Gasteiger partial charge in [0.1, 0.15) is 11.8 Å². The molecule has 0 saturated carbocycles. The Morgan fingerprint density at radius 1 is 0.714 bits per heavy atom. The Labute approximate surface area is 244 Å². The van der Waals surface area contributed by atoms with Crippen molar-refractivity contribution in [2.75, 3.05) is 0 Å². The number of nitrogens with zero attached hydrogens (tertiary/aromatic N) is 3. The van der Waals surface area contributed by atoms with E-state index >= 15 is 0 Å². The molecule has 1 aliphatic heterocycles. The molecule has 3 aliphatic rings. The van der Waals surface area contributed by atoms with Crippen molar-refractivity contribution in [3.8, 4) is 0 Å². The zero-order valence-electron chi connectivity index (χ0n) is 22.6. The van der Waals surface area contributed by atoms with E-state index in [-0.39, 0.29) is 6.04 Å². The highest BCUT2D eigenvalue weighted by molar-refractivity contribution is 7.26. The molecule has 0 radical (unpaired) electrons. The summed E-state index contributed by atoms with van der Waals surface area (Å²) >= 11 is 1.89. The fraction of sp³-hybridized carbons (Fsp3) is 0.108. The van der Waals surface area contributed by atoms with Gasteiger partial charge in [0.15, 0.2) is 0 Å². The van der Waals surface area contributed by atoms with Crippen LogP contribution in [-0.4, -0.2) is 21.0 Å². The first-order chi connectivity index (χ1) is 20.8. The highest BCUT2D eigenvalue weighted by atomic mass is 32.1. The normalized spacial score (nSPS) is 19.1. The molecule has 0 N–H and O–H groups in total. The Hall–Kier alpha value is -4.87. The average Bonchev–Trinajstić information content (AvgIpc) is 3.77. The molecule has 11 rings (SSSR count). The van der Waals surface area contributed by atoms with E-state index < -0.39 is 0 Å². The van der Waals surface area contributed by atoms with Crippen LogP contribution in [0.2, 0.25) is 0 Å².